The Hall–Kier alpha value is -0.870. The number of nitrogens with zero attached hydrogens (tertiary/aromatic N) is 2. The summed E-state index contributed by atoms with van der Waals surface area (Å²) in [4.78, 5) is 0. The molecule has 1 aromatic heterocycles. The maximum Gasteiger partial charge on any atom is 0.0640 e. The summed E-state index contributed by atoms with van der Waals surface area (Å²) in [6.45, 7) is 8.89. The van der Waals surface area contributed by atoms with Crippen LogP contribution in [0.3, 0.4) is 0 Å². The molecule has 0 radical (unpaired) electrons. The van der Waals surface area contributed by atoms with Gasteiger partial charge in [-0.25, -0.2) is 0 Å². The third-order valence-electron chi connectivity index (χ3n) is 4.05. The Balaban J connectivity index is 2.65. The van der Waals surface area contributed by atoms with E-state index >= 15 is 0 Å². The van der Waals surface area contributed by atoms with Gasteiger partial charge in [-0.1, -0.05) is 34.1 Å². The minimum absolute atomic E-state index is 0.310. The van der Waals surface area contributed by atoms with Crippen molar-refractivity contribution in [2.24, 2.45) is 11.8 Å². The van der Waals surface area contributed by atoms with Gasteiger partial charge in [-0.05, 0) is 31.2 Å². The third-order valence-corrected chi connectivity index (χ3v) is 4.05. The molecule has 0 saturated heterocycles. The van der Waals surface area contributed by atoms with Gasteiger partial charge in [0.1, 0.15) is 0 Å². The topological polar surface area (TPSA) is 55.9 Å². The van der Waals surface area contributed by atoms with E-state index in [0.717, 1.165) is 25.0 Å². The van der Waals surface area contributed by atoms with Crippen LogP contribution in [0.5, 0.6) is 0 Å². The van der Waals surface area contributed by atoms with E-state index in [-0.39, 0.29) is 0 Å². The molecule has 1 heterocycles. The van der Waals surface area contributed by atoms with Crippen LogP contribution in [0, 0.1) is 5.92 Å². The molecular weight excluding hydrogens is 236 g/mol. The number of hydrogen-bond acceptors (Lipinski definition) is 3. The molecule has 3 N–H and O–H groups in total. The number of nitrogens with one attached hydrogen (secondary N) is 1. The Morgan fingerprint density at radius 2 is 2.00 bits per heavy atom. The van der Waals surface area contributed by atoms with Gasteiger partial charge < -0.3 is 0 Å². The summed E-state index contributed by atoms with van der Waals surface area (Å²) in [6, 6.07) is 2.96. The molecule has 4 heteroatoms. The third kappa shape index (κ3) is 4.62. The molecule has 0 aromatic carbocycles. The zero-order chi connectivity index (χ0) is 14.3. The summed E-state index contributed by atoms with van der Waals surface area (Å²) < 4.78 is 2.10. The van der Waals surface area contributed by atoms with Crippen LogP contribution in [0.25, 0.3) is 0 Å². The van der Waals surface area contributed by atoms with Crippen molar-refractivity contribution in [1.82, 2.24) is 15.2 Å². The average molecular weight is 266 g/mol. The van der Waals surface area contributed by atoms with Crippen molar-refractivity contribution in [2.45, 2.75) is 71.9 Å². The first-order chi connectivity index (χ1) is 9.15. The highest BCUT2D eigenvalue weighted by atomic mass is 15.3. The molecule has 0 fully saturated rings. The molecule has 1 aromatic rings. The maximum atomic E-state index is 5.69. The Labute approximate surface area is 117 Å². The van der Waals surface area contributed by atoms with Crippen LogP contribution >= 0.6 is 0 Å². The van der Waals surface area contributed by atoms with Crippen LogP contribution in [-0.4, -0.2) is 15.8 Å². The number of hydrazine groups is 1. The lowest BCUT2D eigenvalue weighted by Gasteiger charge is -2.22. The SMILES string of the molecule is CCCC(C)C(Cc1ccn(C(CC)CC)n1)NN. The van der Waals surface area contributed by atoms with Gasteiger partial charge >= 0.3 is 0 Å². The smallest absolute Gasteiger partial charge is 0.0640 e. The Bertz CT molecular complexity index is 344. The van der Waals surface area contributed by atoms with Crippen molar-refractivity contribution in [2.75, 3.05) is 0 Å². The second-order valence-electron chi connectivity index (χ2n) is 5.50. The first-order valence-electron chi connectivity index (χ1n) is 7.66. The normalized spacial score (nSPS) is 14.8. The van der Waals surface area contributed by atoms with Crippen molar-refractivity contribution in [3.8, 4) is 0 Å². The fourth-order valence-corrected chi connectivity index (χ4v) is 2.66. The summed E-state index contributed by atoms with van der Waals surface area (Å²) in [7, 11) is 0. The molecule has 0 spiro atoms. The number of aromatic nitrogens is 2. The van der Waals surface area contributed by atoms with E-state index < -0.39 is 0 Å². The van der Waals surface area contributed by atoms with E-state index in [0.29, 0.717) is 18.0 Å². The highest BCUT2D eigenvalue weighted by Gasteiger charge is 2.17. The zero-order valence-electron chi connectivity index (χ0n) is 12.9. The van der Waals surface area contributed by atoms with Gasteiger partial charge in [0.25, 0.3) is 0 Å². The summed E-state index contributed by atoms with van der Waals surface area (Å²) in [5, 5.41) is 4.70. The van der Waals surface area contributed by atoms with Crippen LogP contribution in [-0.2, 0) is 6.42 Å². The van der Waals surface area contributed by atoms with E-state index in [1.165, 1.54) is 12.8 Å². The van der Waals surface area contributed by atoms with Crippen LogP contribution in [0.1, 0.15) is 65.1 Å². The van der Waals surface area contributed by atoms with Crippen molar-refractivity contribution in [3.63, 3.8) is 0 Å². The Kier molecular flexibility index (Phi) is 7.10. The van der Waals surface area contributed by atoms with Crippen molar-refractivity contribution in [1.29, 1.82) is 0 Å². The van der Waals surface area contributed by atoms with Crippen LogP contribution in [0.2, 0.25) is 0 Å². The van der Waals surface area contributed by atoms with Crippen molar-refractivity contribution in [3.05, 3.63) is 18.0 Å². The van der Waals surface area contributed by atoms with Gasteiger partial charge in [-0.3, -0.25) is 16.0 Å². The first-order valence-corrected chi connectivity index (χ1v) is 7.66. The van der Waals surface area contributed by atoms with Gasteiger partial charge in [0.2, 0.25) is 0 Å². The fraction of sp³-hybridized carbons (Fsp3) is 0.800. The highest BCUT2D eigenvalue weighted by Crippen LogP contribution is 2.17. The first kappa shape index (κ1) is 16.2. The molecule has 0 amide bonds. The predicted molar refractivity (Wildman–Crippen MR) is 80.7 cm³/mol. The summed E-state index contributed by atoms with van der Waals surface area (Å²) >= 11 is 0. The Morgan fingerprint density at radius 1 is 1.32 bits per heavy atom. The number of nitrogens with two attached hydrogens (primary N) is 1. The van der Waals surface area contributed by atoms with Gasteiger partial charge in [-0.15, -0.1) is 0 Å². The second kappa shape index (κ2) is 8.33. The predicted octanol–water partition coefficient (Wildman–Crippen LogP) is 3.05. The van der Waals surface area contributed by atoms with Gasteiger partial charge in [0, 0.05) is 18.7 Å². The molecule has 0 saturated carbocycles. The second-order valence-corrected chi connectivity index (χ2v) is 5.50. The zero-order valence-corrected chi connectivity index (χ0v) is 12.9. The lowest BCUT2D eigenvalue weighted by Crippen LogP contribution is -2.41. The molecular formula is C15H30N4. The van der Waals surface area contributed by atoms with E-state index in [9.17, 15) is 0 Å². The highest BCUT2D eigenvalue weighted by molar-refractivity contribution is 5.02. The lowest BCUT2D eigenvalue weighted by atomic mass is 9.94. The number of rotatable bonds is 9. The molecule has 0 bridgehead atoms. The molecule has 0 aliphatic heterocycles. The van der Waals surface area contributed by atoms with Crippen LogP contribution in [0.4, 0.5) is 0 Å². The molecule has 1 rings (SSSR count). The molecule has 110 valence electrons. The van der Waals surface area contributed by atoms with E-state index in [1.54, 1.807) is 0 Å². The molecule has 19 heavy (non-hydrogen) atoms. The largest absolute Gasteiger partial charge is 0.271 e. The number of hydrogen-bond donors (Lipinski definition) is 2. The average Bonchev–Trinajstić information content (AvgIpc) is 2.86. The van der Waals surface area contributed by atoms with E-state index in [2.05, 4.69) is 50.1 Å². The van der Waals surface area contributed by atoms with Crippen LogP contribution < -0.4 is 11.3 Å². The lowest BCUT2D eigenvalue weighted by molar-refractivity contribution is 0.351. The van der Waals surface area contributed by atoms with Gasteiger partial charge in [0.05, 0.1) is 11.7 Å². The van der Waals surface area contributed by atoms with E-state index in [1.807, 2.05) is 0 Å². The quantitative estimate of drug-likeness (QED) is 0.533. The molecule has 2 atom stereocenters. The van der Waals surface area contributed by atoms with Crippen molar-refractivity contribution < 1.29 is 0 Å². The van der Waals surface area contributed by atoms with E-state index in [4.69, 9.17) is 10.9 Å². The fourth-order valence-electron chi connectivity index (χ4n) is 2.66. The summed E-state index contributed by atoms with van der Waals surface area (Å²) in [6.07, 6.45) is 7.66. The molecule has 2 unspecified atom stereocenters. The molecule has 4 nitrogen and oxygen atoms in total. The monoisotopic (exact) mass is 266 g/mol. The summed E-state index contributed by atoms with van der Waals surface area (Å²) in [5.74, 6) is 6.26. The minimum atomic E-state index is 0.310. The Morgan fingerprint density at radius 3 is 2.53 bits per heavy atom. The van der Waals surface area contributed by atoms with Crippen LogP contribution in [0.15, 0.2) is 12.3 Å². The standard InChI is InChI=1S/C15H30N4/c1-5-8-12(4)15(17-16)11-13-9-10-19(18-13)14(6-2)7-3/h9-10,12,14-15,17H,5-8,11,16H2,1-4H3. The van der Waals surface area contributed by atoms with Gasteiger partial charge in [0.15, 0.2) is 0 Å². The molecule has 0 aliphatic rings. The molecule has 0 aliphatic carbocycles. The van der Waals surface area contributed by atoms with Gasteiger partial charge in [-0.2, -0.15) is 5.10 Å². The maximum absolute atomic E-state index is 5.69. The summed E-state index contributed by atoms with van der Waals surface area (Å²) in [5.41, 5.74) is 4.09. The minimum Gasteiger partial charge on any atom is -0.271 e. The van der Waals surface area contributed by atoms with Crippen molar-refractivity contribution >= 4 is 0 Å².